The summed E-state index contributed by atoms with van der Waals surface area (Å²) in [5.74, 6) is 1.49. The molecule has 1 saturated carbocycles. The number of rotatable bonds is 10. The highest BCUT2D eigenvalue weighted by Gasteiger charge is 2.23. The molecule has 2 aromatic carbocycles. The summed E-state index contributed by atoms with van der Waals surface area (Å²) in [7, 11) is 1.63. The van der Waals surface area contributed by atoms with Crippen LogP contribution in [-0.4, -0.2) is 41.3 Å². The van der Waals surface area contributed by atoms with E-state index in [4.69, 9.17) is 25.8 Å². The van der Waals surface area contributed by atoms with E-state index in [-0.39, 0.29) is 12.3 Å². The zero-order chi connectivity index (χ0) is 24.6. The number of aromatic nitrogens is 3. The van der Waals surface area contributed by atoms with Crippen molar-refractivity contribution in [3.8, 4) is 11.5 Å². The first kappa shape index (κ1) is 25.4. The highest BCUT2D eigenvalue weighted by atomic mass is 35.5. The Hall–Kier alpha value is -2.71. The Morgan fingerprint density at radius 1 is 1.14 bits per heavy atom. The number of benzene rings is 2. The number of hydrogen-bond acceptors (Lipinski definition) is 7. The molecule has 4 rings (SSSR count). The second-order valence-electron chi connectivity index (χ2n) is 8.48. The van der Waals surface area contributed by atoms with Gasteiger partial charge in [0.2, 0.25) is 5.69 Å². The lowest BCUT2D eigenvalue weighted by Gasteiger charge is -2.22. The largest absolute Gasteiger partial charge is 0.497 e. The zero-order valence-electron chi connectivity index (χ0n) is 20.0. The Balaban J connectivity index is 1.56. The first-order valence-corrected chi connectivity index (χ1v) is 13.1. The number of halogens is 1. The molecule has 0 aliphatic heterocycles. The minimum atomic E-state index is -0.501. The second-order valence-corrected chi connectivity index (χ2v) is 9.95. The van der Waals surface area contributed by atoms with Crippen LogP contribution >= 0.6 is 23.4 Å². The molecule has 7 nitrogen and oxygen atoms in total. The van der Waals surface area contributed by atoms with E-state index in [1.54, 1.807) is 18.7 Å². The average molecular weight is 516 g/mol. The van der Waals surface area contributed by atoms with E-state index in [0.717, 1.165) is 16.2 Å². The molecule has 1 aliphatic rings. The molecule has 0 spiro atoms. The topological polar surface area (TPSA) is 75.5 Å². The number of hydrogen-bond donors (Lipinski definition) is 0. The van der Waals surface area contributed by atoms with Crippen molar-refractivity contribution in [3.63, 3.8) is 0 Å². The van der Waals surface area contributed by atoms with Crippen LogP contribution in [0.25, 0.3) is 0 Å². The van der Waals surface area contributed by atoms with Crippen molar-refractivity contribution in [3.05, 3.63) is 58.7 Å². The molecule has 0 radical (unpaired) electrons. The fraction of sp³-hybridized carbons (Fsp3) is 0.423. The molecule has 0 atom stereocenters. The molecule has 1 aliphatic carbocycles. The smallest absolute Gasteiger partial charge is 0.361 e. The van der Waals surface area contributed by atoms with E-state index in [1.165, 1.54) is 43.9 Å². The minimum absolute atomic E-state index is 0.185. The molecule has 0 unspecified atom stereocenters. The van der Waals surface area contributed by atoms with Crippen LogP contribution < -0.4 is 9.47 Å². The summed E-state index contributed by atoms with van der Waals surface area (Å²) in [6, 6.07) is 13.3. The van der Waals surface area contributed by atoms with Gasteiger partial charge >= 0.3 is 5.97 Å². The molecular weight excluding hydrogens is 486 g/mol. The van der Waals surface area contributed by atoms with E-state index in [2.05, 4.69) is 10.3 Å². The van der Waals surface area contributed by atoms with Gasteiger partial charge in [-0.3, -0.25) is 0 Å². The van der Waals surface area contributed by atoms with Gasteiger partial charge in [-0.05, 0) is 61.6 Å². The van der Waals surface area contributed by atoms with Crippen molar-refractivity contribution in [1.82, 2.24) is 15.0 Å². The van der Waals surface area contributed by atoms with Gasteiger partial charge in [0, 0.05) is 4.90 Å². The number of carbonyl (C=O) groups excluding carboxylic acids is 1. The number of esters is 1. The molecule has 1 aromatic heterocycles. The highest BCUT2D eigenvalue weighted by molar-refractivity contribution is 7.99. The molecule has 0 N–H and O–H groups in total. The summed E-state index contributed by atoms with van der Waals surface area (Å²) < 4.78 is 18.3. The summed E-state index contributed by atoms with van der Waals surface area (Å²) in [5, 5.41) is 9.55. The first-order chi connectivity index (χ1) is 17.1. The van der Waals surface area contributed by atoms with Crippen LogP contribution in [0.1, 0.15) is 55.1 Å². The summed E-state index contributed by atoms with van der Waals surface area (Å²) in [5.41, 5.74) is 1.19. The Morgan fingerprint density at radius 3 is 2.63 bits per heavy atom. The Labute approximate surface area is 215 Å². The maximum Gasteiger partial charge on any atom is 0.361 e. The van der Waals surface area contributed by atoms with Crippen LogP contribution in [0.3, 0.4) is 0 Å². The van der Waals surface area contributed by atoms with E-state index in [0.29, 0.717) is 34.9 Å². The van der Waals surface area contributed by atoms with Crippen molar-refractivity contribution in [2.24, 2.45) is 5.92 Å². The lowest BCUT2D eigenvalue weighted by atomic mass is 9.90. The van der Waals surface area contributed by atoms with Crippen molar-refractivity contribution in [1.29, 1.82) is 0 Å². The van der Waals surface area contributed by atoms with Gasteiger partial charge in [0.1, 0.15) is 16.5 Å². The monoisotopic (exact) mass is 515 g/mol. The number of methoxy groups -OCH3 is 1. The van der Waals surface area contributed by atoms with Crippen molar-refractivity contribution >= 4 is 29.3 Å². The van der Waals surface area contributed by atoms with Crippen LogP contribution in [0.4, 0.5) is 0 Å². The maximum atomic E-state index is 12.6. The molecule has 186 valence electrons. The molecule has 1 heterocycles. The average Bonchev–Trinajstić information content (AvgIpc) is 3.27. The van der Waals surface area contributed by atoms with Crippen LogP contribution in [0.2, 0.25) is 5.02 Å². The SMILES string of the molecule is CCOC(=O)c1nnn(Cc2ccc(OC)cc2)c1Sc1ccc(Cl)c(OCC2CCCCC2)c1. The first-order valence-electron chi connectivity index (χ1n) is 11.9. The minimum Gasteiger partial charge on any atom is -0.497 e. The van der Waals surface area contributed by atoms with E-state index >= 15 is 0 Å². The number of ether oxygens (including phenoxy) is 3. The number of carbonyl (C=O) groups is 1. The summed E-state index contributed by atoms with van der Waals surface area (Å²) in [4.78, 5) is 13.5. The second kappa shape index (κ2) is 12.3. The fourth-order valence-electron chi connectivity index (χ4n) is 4.07. The Morgan fingerprint density at radius 2 is 1.91 bits per heavy atom. The molecule has 3 aromatic rings. The van der Waals surface area contributed by atoms with Gasteiger partial charge in [0.05, 0.1) is 31.9 Å². The van der Waals surface area contributed by atoms with Crippen LogP contribution in [-0.2, 0) is 11.3 Å². The number of nitrogens with zero attached hydrogens (tertiary/aromatic N) is 3. The van der Waals surface area contributed by atoms with Gasteiger partial charge in [-0.25, -0.2) is 9.48 Å². The summed E-state index contributed by atoms with van der Waals surface area (Å²) in [6.45, 7) is 3.13. The summed E-state index contributed by atoms with van der Waals surface area (Å²) in [6.07, 6.45) is 6.24. The van der Waals surface area contributed by atoms with E-state index in [1.807, 2.05) is 42.5 Å². The zero-order valence-corrected chi connectivity index (χ0v) is 21.6. The molecule has 0 amide bonds. The van der Waals surface area contributed by atoms with Gasteiger partial charge in [-0.1, -0.05) is 60.0 Å². The van der Waals surface area contributed by atoms with Crippen molar-refractivity contribution < 1.29 is 19.0 Å². The van der Waals surface area contributed by atoms with Gasteiger partial charge in [0.25, 0.3) is 0 Å². The lowest BCUT2D eigenvalue weighted by molar-refractivity contribution is 0.0515. The van der Waals surface area contributed by atoms with Crippen LogP contribution in [0.15, 0.2) is 52.4 Å². The molecule has 35 heavy (non-hydrogen) atoms. The Kier molecular flexibility index (Phi) is 8.93. The highest BCUT2D eigenvalue weighted by Crippen LogP contribution is 2.36. The predicted octanol–water partition coefficient (Wildman–Crippen LogP) is 6.28. The van der Waals surface area contributed by atoms with E-state index < -0.39 is 5.97 Å². The molecule has 0 saturated heterocycles. The third-order valence-corrected chi connectivity index (χ3v) is 7.37. The quantitative estimate of drug-likeness (QED) is 0.294. The van der Waals surface area contributed by atoms with Gasteiger partial charge in [-0.15, -0.1) is 5.10 Å². The van der Waals surface area contributed by atoms with Gasteiger partial charge in [0.15, 0.2) is 0 Å². The van der Waals surface area contributed by atoms with Gasteiger partial charge in [-0.2, -0.15) is 0 Å². The third kappa shape index (κ3) is 6.70. The van der Waals surface area contributed by atoms with Gasteiger partial charge < -0.3 is 14.2 Å². The third-order valence-electron chi connectivity index (χ3n) is 5.97. The standard InChI is InChI=1S/C26H30ClN3O4S/c1-3-33-26(31)24-25(30(29-28-24)16-18-9-11-20(32-2)12-10-18)35-21-13-14-22(27)23(15-21)34-17-19-7-5-4-6-8-19/h9-15,19H,3-8,16-17H2,1-2H3. The van der Waals surface area contributed by atoms with Crippen molar-refractivity contribution in [2.75, 3.05) is 20.3 Å². The normalized spacial score (nSPS) is 14.0. The predicted molar refractivity (Wildman–Crippen MR) is 136 cm³/mol. The van der Waals surface area contributed by atoms with Crippen LogP contribution in [0, 0.1) is 5.92 Å². The Bertz CT molecular complexity index is 1130. The maximum absolute atomic E-state index is 12.6. The lowest BCUT2D eigenvalue weighted by Crippen LogP contribution is -2.15. The van der Waals surface area contributed by atoms with E-state index in [9.17, 15) is 4.79 Å². The van der Waals surface area contributed by atoms with Crippen molar-refractivity contribution in [2.45, 2.75) is 55.5 Å². The molecule has 0 bridgehead atoms. The molecule has 1 fully saturated rings. The fourth-order valence-corrected chi connectivity index (χ4v) is 5.20. The summed E-state index contributed by atoms with van der Waals surface area (Å²) >= 11 is 7.82. The molecular formula is C26H30ClN3O4S. The molecule has 9 heteroatoms. The van der Waals surface area contributed by atoms with Crippen LogP contribution in [0.5, 0.6) is 11.5 Å².